The van der Waals surface area contributed by atoms with Gasteiger partial charge in [-0.2, -0.15) is 0 Å². The first-order valence-electron chi connectivity index (χ1n) is 7.15. The number of nitrogens with one attached hydrogen (secondary N) is 1. The maximum Gasteiger partial charge on any atom is 0.306 e. The standard InChI is InChI=1S/C14H25NO3/c1-2-6-11(14(17)18)9-10-13(16)15-12-7-4-3-5-8-12/h11-12H,2-10H2,1H3,(H,15,16)(H,17,18)/t11-/m0/s1. The van der Waals surface area contributed by atoms with Crippen LogP contribution in [0.1, 0.15) is 64.7 Å². The van der Waals surface area contributed by atoms with Gasteiger partial charge in [0, 0.05) is 12.5 Å². The number of carbonyl (C=O) groups is 2. The lowest BCUT2D eigenvalue weighted by Crippen LogP contribution is -2.36. The van der Waals surface area contributed by atoms with Crippen molar-refractivity contribution in [2.24, 2.45) is 5.92 Å². The molecule has 0 unspecified atom stereocenters. The number of carboxylic acids is 1. The fraction of sp³-hybridized carbons (Fsp3) is 0.857. The number of carbonyl (C=O) groups excluding carboxylic acids is 1. The van der Waals surface area contributed by atoms with E-state index in [9.17, 15) is 9.59 Å². The topological polar surface area (TPSA) is 66.4 Å². The van der Waals surface area contributed by atoms with Gasteiger partial charge in [-0.1, -0.05) is 32.6 Å². The van der Waals surface area contributed by atoms with Crippen LogP contribution in [0.4, 0.5) is 0 Å². The number of carboxylic acid groups (broad SMARTS) is 1. The molecule has 1 amide bonds. The van der Waals surface area contributed by atoms with Crippen molar-refractivity contribution in [2.75, 3.05) is 0 Å². The maximum absolute atomic E-state index is 11.7. The van der Waals surface area contributed by atoms with Crippen LogP contribution in [-0.2, 0) is 9.59 Å². The highest BCUT2D eigenvalue weighted by atomic mass is 16.4. The Kier molecular flexibility index (Phi) is 6.76. The third-order valence-electron chi connectivity index (χ3n) is 3.68. The van der Waals surface area contributed by atoms with E-state index < -0.39 is 5.97 Å². The summed E-state index contributed by atoms with van der Waals surface area (Å²) in [6, 6.07) is 0.320. The van der Waals surface area contributed by atoms with Gasteiger partial charge in [0.15, 0.2) is 0 Å². The summed E-state index contributed by atoms with van der Waals surface area (Å²) in [6.45, 7) is 1.97. The Hall–Kier alpha value is -1.06. The van der Waals surface area contributed by atoms with Crippen molar-refractivity contribution < 1.29 is 14.7 Å². The van der Waals surface area contributed by atoms with Crippen LogP contribution < -0.4 is 5.32 Å². The molecule has 0 spiro atoms. The first kappa shape index (κ1) is 15.0. The van der Waals surface area contributed by atoms with Crippen LogP contribution in [0.15, 0.2) is 0 Å². The molecule has 1 aliphatic rings. The quantitative estimate of drug-likeness (QED) is 0.735. The van der Waals surface area contributed by atoms with Crippen LogP contribution in [0.25, 0.3) is 0 Å². The largest absolute Gasteiger partial charge is 0.481 e. The highest BCUT2D eigenvalue weighted by Gasteiger charge is 2.19. The fourth-order valence-corrected chi connectivity index (χ4v) is 2.59. The minimum absolute atomic E-state index is 0.0178. The van der Waals surface area contributed by atoms with Crippen molar-refractivity contribution in [2.45, 2.75) is 70.8 Å². The zero-order valence-corrected chi connectivity index (χ0v) is 11.3. The van der Waals surface area contributed by atoms with Gasteiger partial charge in [-0.05, 0) is 25.7 Å². The van der Waals surface area contributed by atoms with Gasteiger partial charge in [-0.3, -0.25) is 9.59 Å². The number of aliphatic carboxylic acids is 1. The van der Waals surface area contributed by atoms with Crippen molar-refractivity contribution in [3.05, 3.63) is 0 Å². The SMILES string of the molecule is CCC[C@@H](CCC(=O)NC1CCCCC1)C(=O)O. The molecule has 0 aromatic heterocycles. The summed E-state index contributed by atoms with van der Waals surface area (Å²) in [5.41, 5.74) is 0. The normalized spacial score (nSPS) is 18.3. The van der Waals surface area contributed by atoms with Gasteiger partial charge in [0.1, 0.15) is 0 Å². The Morgan fingerprint density at radius 1 is 1.22 bits per heavy atom. The van der Waals surface area contributed by atoms with Gasteiger partial charge < -0.3 is 10.4 Å². The van der Waals surface area contributed by atoms with E-state index in [0.717, 1.165) is 19.3 Å². The van der Waals surface area contributed by atoms with Crippen LogP contribution in [0, 0.1) is 5.92 Å². The lowest BCUT2D eigenvalue weighted by Gasteiger charge is -2.23. The smallest absolute Gasteiger partial charge is 0.306 e. The molecule has 0 aliphatic heterocycles. The molecule has 1 saturated carbocycles. The molecule has 1 atom stereocenters. The van der Waals surface area contributed by atoms with Gasteiger partial charge in [0.2, 0.25) is 5.91 Å². The van der Waals surface area contributed by atoms with E-state index in [1.807, 2.05) is 6.92 Å². The predicted molar refractivity (Wildman–Crippen MR) is 70.3 cm³/mol. The van der Waals surface area contributed by atoms with Crippen molar-refractivity contribution in [3.8, 4) is 0 Å². The zero-order chi connectivity index (χ0) is 13.4. The zero-order valence-electron chi connectivity index (χ0n) is 11.3. The molecule has 0 aromatic carbocycles. The van der Waals surface area contributed by atoms with Crippen LogP contribution in [0.3, 0.4) is 0 Å². The molecule has 0 heterocycles. The molecule has 4 heteroatoms. The van der Waals surface area contributed by atoms with E-state index in [2.05, 4.69) is 5.32 Å². The second-order valence-corrected chi connectivity index (χ2v) is 5.26. The van der Waals surface area contributed by atoms with E-state index in [4.69, 9.17) is 5.11 Å². The molecular formula is C14H25NO3. The minimum atomic E-state index is -0.776. The van der Waals surface area contributed by atoms with Crippen molar-refractivity contribution in [3.63, 3.8) is 0 Å². The van der Waals surface area contributed by atoms with E-state index >= 15 is 0 Å². The van der Waals surface area contributed by atoms with E-state index in [1.165, 1.54) is 19.3 Å². The third-order valence-corrected chi connectivity index (χ3v) is 3.68. The minimum Gasteiger partial charge on any atom is -0.481 e. The second-order valence-electron chi connectivity index (χ2n) is 5.26. The molecule has 1 aliphatic carbocycles. The first-order chi connectivity index (χ1) is 8.63. The fourth-order valence-electron chi connectivity index (χ4n) is 2.59. The van der Waals surface area contributed by atoms with Gasteiger partial charge in [0.05, 0.1) is 5.92 Å². The Balaban J connectivity index is 2.24. The first-order valence-corrected chi connectivity index (χ1v) is 7.15. The van der Waals surface area contributed by atoms with Gasteiger partial charge >= 0.3 is 5.97 Å². The summed E-state index contributed by atoms with van der Waals surface area (Å²) in [7, 11) is 0. The molecule has 18 heavy (non-hydrogen) atoms. The predicted octanol–water partition coefficient (Wildman–Crippen LogP) is 2.72. The Morgan fingerprint density at radius 2 is 1.89 bits per heavy atom. The molecule has 4 nitrogen and oxygen atoms in total. The Morgan fingerprint density at radius 3 is 2.44 bits per heavy atom. The second kappa shape index (κ2) is 8.11. The molecule has 0 saturated heterocycles. The van der Waals surface area contributed by atoms with E-state index in [-0.39, 0.29) is 11.8 Å². The third kappa shape index (κ3) is 5.52. The molecule has 0 bridgehead atoms. The average Bonchev–Trinajstić information content (AvgIpc) is 2.35. The van der Waals surface area contributed by atoms with Crippen LogP contribution in [0.2, 0.25) is 0 Å². The molecule has 1 rings (SSSR count). The highest BCUT2D eigenvalue weighted by Crippen LogP contribution is 2.18. The van der Waals surface area contributed by atoms with Crippen LogP contribution in [0.5, 0.6) is 0 Å². The summed E-state index contributed by atoms with van der Waals surface area (Å²) >= 11 is 0. The summed E-state index contributed by atoms with van der Waals surface area (Å²) in [5.74, 6) is -1.13. The van der Waals surface area contributed by atoms with E-state index in [1.54, 1.807) is 0 Å². The molecule has 104 valence electrons. The lowest BCUT2D eigenvalue weighted by molar-refractivity contribution is -0.142. The van der Waals surface area contributed by atoms with E-state index in [0.29, 0.717) is 25.3 Å². The Bertz CT molecular complexity index is 272. The number of amides is 1. The summed E-state index contributed by atoms with van der Waals surface area (Å²) in [5, 5.41) is 12.0. The monoisotopic (exact) mass is 255 g/mol. The van der Waals surface area contributed by atoms with Crippen molar-refractivity contribution >= 4 is 11.9 Å². The summed E-state index contributed by atoms with van der Waals surface area (Å²) in [4.78, 5) is 22.7. The molecule has 0 radical (unpaired) electrons. The molecule has 0 aromatic rings. The van der Waals surface area contributed by atoms with Crippen molar-refractivity contribution in [1.29, 1.82) is 0 Å². The van der Waals surface area contributed by atoms with Gasteiger partial charge in [-0.25, -0.2) is 0 Å². The van der Waals surface area contributed by atoms with Crippen LogP contribution in [-0.4, -0.2) is 23.0 Å². The lowest BCUT2D eigenvalue weighted by atomic mass is 9.94. The molecular weight excluding hydrogens is 230 g/mol. The number of hydrogen-bond donors (Lipinski definition) is 2. The number of hydrogen-bond acceptors (Lipinski definition) is 2. The molecule has 2 N–H and O–H groups in total. The number of rotatable bonds is 7. The molecule has 1 fully saturated rings. The maximum atomic E-state index is 11.7. The van der Waals surface area contributed by atoms with Gasteiger partial charge in [0.25, 0.3) is 0 Å². The van der Waals surface area contributed by atoms with Crippen LogP contribution >= 0.6 is 0 Å². The summed E-state index contributed by atoms with van der Waals surface area (Å²) in [6.07, 6.45) is 8.11. The average molecular weight is 255 g/mol. The van der Waals surface area contributed by atoms with Crippen molar-refractivity contribution in [1.82, 2.24) is 5.32 Å². The Labute approximate surface area is 109 Å². The highest BCUT2D eigenvalue weighted by molar-refractivity contribution is 5.77. The van der Waals surface area contributed by atoms with Gasteiger partial charge in [-0.15, -0.1) is 0 Å². The summed E-state index contributed by atoms with van der Waals surface area (Å²) < 4.78 is 0.